The predicted molar refractivity (Wildman–Crippen MR) is 75.2 cm³/mol. The maximum absolute atomic E-state index is 9.41. The zero-order chi connectivity index (χ0) is 13.1. The minimum atomic E-state index is -0.0705. The lowest BCUT2D eigenvalue weighted by atomic mass is 10.0. The van der Waals surface area contributed by atoms with Crippen molar-refractivity contribution < 1.29 is 5.11 Å². The molecule has 0 fully saturated rings. The zero-order valence-corrected chi connectivity index (χ0v) is 12.2. The number of aliphatic hydroxyl groups excluding tert-OH is 1. The normalized spacial score (nSPS) is 11.4. The number of aromatic nitrogens is 1. The first-order valence-electron chi connectivity index (χ1n) is 5.54. The molecule has 0 radical (unpaired) electrons. The van der Waals surface area contributed by atoms with Gasteiger partial charge in [-0.2, -0.15) is 0 Å². The second kappa shape index (κ2) is 5.65. The summed E-state index contributed by atoms with van der Waals surface area (Å²) in [6.45, 7) is 10.8. The molecule has 0 aromatic carbocycles. The summed E-state index contributed by atoms with van der Waals surface area (Å²) in [6.07, 6.45) is 3.59. The summed E-state index contributed by atoms with van der Waals surface area (Å²) in [4.78, 5) is 6.53. The van der Waals surface area contributed by atoms with E-state index in [0.717, 1.165) is 15.9 Å². The van der Waals surface area contributed by atoms with Crippen LogP contribution in [0.1, 0.15) is 26.3 Å². The smallest absolute Gasteiger partial charge is 0.134 e. The highest BCUT2D eigenvalue weighted by molar-refractivity contribution is 9.10. The summed E-state index contributed by atoms with van der Waals surface area (Å²) < 4.78 is 0.873. The Kier molecular flexibility index (Phi) is 4.71. The van der Waals surface area contributed by atoms with E-state index < -0.39 is 0 Å². The Morgan fingerprint density at radius 2 is 2.18 bits per heavy atom. The highest BCUT2D eigenvalue weighted by Crippen LogP contribution is 2.27. The van der Waals surface area contributed by atoms with Gasteiger partial charge in [-0.25, -0.2) is 4.98 Å². The van der Waals surface area contributed by atoms with Gasteiger partial charge in [0.05, 0.1) is 6.61 Å². The summed E-state index contributed by atoms with van der Waals surface area (Å²) in [7, 11) is 0. The minimum Gasteiger partial charge on any atom is -0.392 e. The lowest BCUT2D eigenvalue weighted by molar-refractivity contribution is 0.281. The van der Waals surface area contributed by atoms with Crippen LogP contribution in [0.5, 0.6) is 0 Å². The van der Waals surface area contributed by atoms with Gasteiger partial charge < -0.3 is 10.0 Å². The molecule has 1 N–H and O–H groups in total. The number of anilines is 1. The monoisotopic (exact) mass is 298 g/mol. The van der Waals surface area contributed by atoms with Crippen LogP contribution in [0.25, 0.3) is 0 Å². The van der Waals surface area contributed by atoms with Crippen LogP contribution in [-0.2, 0) is 6.61 Å². The molecule has 0 aliphatic carbocycles. The second-order valence-electron chi connectivity index (χ2n) is 4.86. The fourth-order valence-corrected chi connectivity index (χ4v) is 2.02. The van der Waals surface area contributed by atoms with Crippen molar-refractivity contribution in [1.29, 1.82) is 0 Å². The van der Waals surface area contributed by atoms with E-state index in [9.17, 15) is 5.11 Å². The van der Waals surface area contributed by atoms with Gasteiger partial charge in [0, 0.05) is 28.3 Å². The fourth-order valence-electron chi connectivity index (χ4n) is 1.64. The van der Waals surface area contributed by atoms with Crippen LogP contribution in [-0.4, -0.2) is 22.2 Å². The number of hydrogen-bond acceptors (Lipinski definition) is 3. The summed E-state index contributed by atoms with van der Waals surface area (Å²) in [5, 5.41) is 9.41. The summed E-state index contributed by atoms with van der Waals surface area (Å²) in [5.41, 5.74) is 0.745. The van der Waals surface area contributed by atoms with Gasteiger partial charge in [-0.15, -0.1) is 6.58 Å². The van der Waals surface area contributed by atoms with Gasteiger partial charge in [-0.05, 0) is 42.8 Å². The molecule has 17 heavy (non-hydrogen) atoms. The molecular weight excluding hydrogens is 280 g/mol. The Bertz CT molecular complexity index is 399. The lowest BCUT2D eigenvalue weighted by Gasteiger charge is -2.37. The summed E-state index contributed by atoms with van der Waals surface area (Å²) >= 11 is 3.36. The van der Waals surface area contributed by atoms with Crippen molar-refractivity contribution >= 4 is 21.7 Å². The van der Waals surface area contributed by atoms with Crippen LogP contribution in [0.2, 0.25) is 0 Å². The number of aliphatic hydroxyl groups is 1. The van der Waals surface area contributed by atoms with Gasteiger partial charge in [-0.1, -0.05) is 6.08 Å². The quantitative estimate of drug-likeness (QED) is 0.868. The third-order valence-corrected chi connectivity index (χ3v) is 2.89. The van der Waals surface area contributed by atoms with Gasteiger partial charge in [0.25, 0.3) is 0 Å². The molecule has 0 bridgehead atoms. The van der Waals surface area contributed by atoms with Crippen LogP contribution >= 0.6 is 15.9 Å². The van der Waals surface area contributed by atoms with Crippen LogP contribution in [0.4, 0.5) is 5.82 Å². The Morgan fingerprint density at radius 3 is 2.65 bits per heavy atom. The summed E-state index contributed by atoms with van der Waals surface area (Å²) in [6, 6.07) is 1.89. The largest absolute Gasteiger partial charge is 0.392 e. The van der Waals surface area contributed by atoms with Gasteiger partial charge in [0.1, 0.15) is 5.82 Å². The van der Waals surface area contributed by atoms with E-state index in [2.05, 4.69) is 53.2 Å². The number of pyridine rings is 1. The van der Waals surface area contributed by atoms with E-state index in [0.29, 0.717) is 6.54 Å². The van der Waals surface area contributed by atoms with Crippen molar-refractivity contribution in [3.63, 3.8) is 0 Å². The van der Waals surface area contributed by atoms with E-state index in [1.165, 1.54) is 0 Å². The molecule has 0 saturated heterocycles. The lowest BCUT2D eigenvalue weighted by Crippen LogP contribution is -2.42. The molecule has 1 heterocycles. The Labute approximate surface area is 111 Å². The molecule has 94 valence electrons. The third kappa shape index (κ3) is 3.54. The molecule has 0 saturated carbocycles. The number of hydrogen-bond donors (Lipinski definition) is 1. The Balaban J connectivity index is 3.22. The average molecular weight is 299 g/mol. The van der Waals surface area contributed by atoms with E-state index in [-0.39, 0.29) is 12.1 Å². The van der Waals surface area contributed by atoms with Gasteiger partial charge in [0.2, 0.25) is 0 Å². The molecule has 4 heteroatoms. The molecule has 1 rings (SSSR count). The van der Waals surface area contributed by atoms with Crippen molar-refractivity contribution in [1.82, 2.24) is 4.98 Å². The van der Waals surface area contributed by atoms with Crippen LogP contribution in [0.15, 0.2) is 29.4 Å². The molecule has 0 amide bonds. The first-order valence-corrected chi connectivity index (χ1v) is 6.33. The van der Waals surface area contributed by atoms with E-state index in [4.69, 9.17) is 0 Å². The molecule has 3 nitrogen and oxygen atoms in total. The maximum Gasteiger partial charge on any atom is 0.134 e. The molecule has 1 aromatic heterocycles. The average Bonchev–Trinajstić information content (AvgIpc) is 2.25. The van der Waals surface area contributed by atoms with E-state index >= 15 is 0 Å². The first-order chi connectivity index (χ1) is 7.90. The first kappa shape index (κ1) is 14.2. The van der Waals surface area contributed by atoms with Crippen molar-refractivity contribution in [3.05, 3.63) is 35.0 Å². The van der Waals surface area contributed by atoms with Crippen molar-refractivity contribution in [2.45, 2.75) is 32.9 Å². The van der Waals surface area contributed by atoms with Crippen molar-refractivity contribution in [3.8, 4) is 0 Å². The maximum atomic E-state index is 9.41. The molecule has 0 spiro atoms. The molecular formula is C13H19BrN2O. The second-order valence-corrected chi connectivity index (χ2v) is 5.78. The standard InChI is InChI=1S/C13H19BrN2O/c1-5-6-16(13(2,3)4)12-10(9-17)7-11(14)8-15-12/h5,7-8,17H,1,6,9H2,2-4H3. The number of halogens is 1. The van der Waals surface area contributed by atoms with Crippen LogP contribution in [0.3, 0.4) is 0 Å². The highest BCUT2D eigenvalue weighted by Gasteiger charge is 2.23. The minimum absolute atomic E-state index is 0.0223. The van der Waals surface area contributed by atoms with Crippen LogP contribution in [0, 0.1) is 0 Å². The third-order valence-electron chi connectivity index (χ3n) is 2.46. The number of nitrogens with zero attached hydrogens (tertiary/aromatic N) is 2. The fraction of sp³-hybridized carbons (Fsp3) is 0.462. The SMILES string of the molecule is C=CCN(c1ncc(Br)cc1CO)C(C)(C)C. The Hall–Kier alpha value is -0.870. The highest BCUT2D eigenvalue weighted by atomic mass is 79.9. The summed E-state index contributed by atoms with van der Waals surface area (Å²) in [5.74, 6) is 0.808. The van der Waals surface area contributed by atoms with Crippen molar-refractivity contribution in [2.75, 3.05) is 11.4 Å². The van der Waals surface area contributed by atoms with Crippen molar-refractivity contribution in [2.24, 2.45) is 0 Å². The van der Waals surface area contributed by atoms with E-state index in [1.807, 2.05) is 12.1 Å². The van der Waals surface area contributed by atoms with Gasteiger partial charge >= 0.3 is 0 Å². The molecule has 0 aliphatic rings. The number of rotatable bonds is 4. The molecule has 1 aromatic rings. The van der Waals surface area contributed by atoms with Gasteiger partial charge in [-0.3, -0.25) is 0 Å². The van der Waals surface area contributed by atoms with Crippen LogP contribution < -0.4 is 4.90 Å². The molecule has 0 aliphatic heterocycles. The zero-order valence-electron chi connectivity index (χ0n) is 10.6. The molecule has 0 atom stereocenters. The van der Waals surface area contributed by atoms with E-state index in [1.54, 1.807) is 6.20 Å². The van der Waals surface area contributed by atoms with Gasteiger partial charge in [0.15, 0.2) is 0 Å². The molecule has 0 unspecified atom stereocenters. The topological polar surface area (TPSA) is 36.4 Å². The predicted octanol–water partition coefficient (Wildman–Crippen LogP) is 3.13. The Morgan fingerprint density at radius 1 is 1.53 bits per heavy atom.